The lowest BCUT2D eigenvalue weighted by atomic mass is 9.80. The smallest absolute Gasteiger partial charge is 0.0331 e. The molecule has 0 saturated heterocycles. The van der Waals surface area contributed by atoms with Gasteiger partial charge in [-0.3, -0.25) is 0 Å². The van der Waals surface area contributed by atoms with Gasteiger partial charge in [-0.15, -0.1) is 0 Å². The zero-order valence-corrected chi connectivity index (χ0v) is 49.7. The van der Waals surface area contributed by atoms with Crippen LogP contribution in [0.4, 0.5) is 0 Å². The number of unbranched alkanes of at least 4 members (excludes halogenated alkanes) is 14. The van der Waals surface area contributed by atoms with E-state index in [0.29, 0.717) is 16.2 Å². The van der Waals surface area contributed by atoms with E-state index in [2.05, 4.69) is 145 Å². The van der Waals surface area contributed by atoms with Crippen LogP contribution < -0.4 is 0 Å². The van der Waals surface area contributed by atoms with Crippen LogP contribution in [-0.2, 0) is 0 Å². The summed E-state index contributed by atoms with van der Waals surface area (Å²) in [5.74, 6) is 2.92. The molecular formula is C63H138. The molecule has 0 aromatic rings. The second-order valence-electron chi connectivity index (χ2n) is 21.8. The Kier molecular flexibility index (Phi) is 68.8. The summed E-state index contributed by atoms with van der Waals surface area (Å²) < 4.78 is 0. The molecule has 0 aromatic carbocycles. The molecule has 0 aromatic heterocycles. The minimum Gasteiger partial charge on any atom is -0.0654 e. The molecule has 0 aliphatic rings. The van der Waals surface area contributed by atoms with E-state index in [9.17, 15) is 0 Å². The summed E-state index contributed by atoms with van der Waals surface area (Å²) in [6.07, 6.45) is 50.3. The fourth-order valence-corrected chi connectivity index (χ4v) is 7.81. The van der Waals surface area contributed by atoms with E-state index in [-0.39, 0.29) is 0 Å². The van der Waals surface area contributed by atoms with Crippen LogP contribution in [0.2, 0.25) is 0 Å². The maximum Gasteiger partial charge on any atom is -0.0331 e. The summed E-state index contributed by atoms with van der Waals surface area (Å²) in [5.41, 5.74) is 1.90. The average molecular weight is 896 g/mol. The van der Waals surface area contributed by atoms with Gasteiger partial charge in [0, 0.05) is 0 Å². The van der Waals surface area contributed by atoms with Gasteiger partial charge in [-0.2, -0.15) is 0 Å². The lowest BCUT2D eigenvalue weighted by Crippen LogP contribution is -2.13. The molecule has 0 spiro atoms. The summed E-state index contributed by atoms with van der Waals surface area (Å²) in [7, 11) is 0. The molecule has 0 bridgehead atoms. The second-order valence-corrected chi connectivity index (χ2v) is 21.8. The van der Waals surface area contributed by atoms with Gasteiger partial charge in [0.2, 0.25) is 0 Å². The maximum atomic E-state index is 2.43. The first-order valence-electron chi connectivity index (χ1n) is 30.0. The minimum atomic E-state index is 0.633. The number of rotatable bonds is 36. The molecule has 0 radical (unpaired) electrons. The molecule has 0 fully saturated rings. The molecular weight excluding hydrogens is 757 g/mol. The summed E-state index contributed by atoms with van der Waals surface area (Å²) >= 11 is 0. The van der Waals surface area contributed by atoms with Crippen LogP contribution in [0.3, 0.4) is 0 Å². The molecule has 0 heteroatoms. The van der Waals surface area contributed by atoms with Crippen molar-refractivity contribution in [3.05, 3.63) is 0 Å². The van der Waals surface area contributed by atoms with Crippen molar-refractivity contribution >= 4 is 0 Å². The van der Waals surface area contributed by atoms with Crippen molar-refractivity contribution in [1.29, 1.82) is 0 Å². The predicted molar refractivity (Wildman–Crippen MR) is 303 cm³/mol. The van der Waals surface area contributed by atoms with Crippen molar-refractivity contribution in [2.45, 2.75) is 377 Å². The third kappa shape index (κ3) is 60.0. The Balaban J connectivity index is -0.000000155. The van der Waals surface area contributed by atoms with Gasteiger partial charge in [-0.25, -0.2) is 0 Å². The second kappa shape index (κ2) is 58.1. The topological polar surface area (TPSA) is 0 Å². The molecule has 0 amide bonds. The molecule has 0 heterocycles. The molecule has 63 heavy (non-hydrogen) atoms. The Morgan fingerprint density at radius 3 is 0.794 bits per heavy atom. The standard InChI is InChI=1S/C12H26.2C11H24.2C10H22.C9H20/c1-5-8-9-10-11-12(4,6-2)7-3;1-5-8-9-10-11(4,6-2)7-3;1-4-6-7-8-9-10-11(3)5-2;1-5-8-9-10(4,6-2)7-3;1-4-6-7-8-9-10(3)5-2;1-4-7-8-9(5-2)6-3/h5-11H2,1-4H3;5-10H2,1-4H3;11H,4-10H2,1-3H3;5-9H2,1-4H3;10H,4-9H2,1-3H3;9H,4-8H2,1-3H3. The minimum absolute atomic E-state index is 0.633. The quantitative estimate of drug-likeness (QED) is 0.0550. The van der Waals surface area contributed by atoms with Crippen molar-refractivity contribution < 1.29 is 0 Å². The van der Waals surface area contributed by atoms with E-state index in [1.54, 1.807) is 0 Å². The van der Waals surface area contributed by atoms with Crippen LogP contribution in [0.5, 0.6) is 0 Å². The van der Waals surface area contributed by atoms with E-state index >= 15 is 0 Å². The highest BCUT2D eigenvalue weighted by Gasteiger charge is 2.19. The van der Waals surface area contributed by atoms with Gasteiger partial charge in [0.1, 0.15) is 0 Å². The number of hydrogen-bond acceptors (Lipinski definition) is 0. The van der Waals surface area contributed by atoms with E-state index in [0.717, 1.165) is 17.8 Å². The fraction of sp³-hybridized carbons (Fsp3) is 1.00. The van der Waals surface area contributed by atoms with Crippen LogP contribution >= 0.6 is 0 Å². The van der Waals surface area contributed by atoms with Crippen LogP contribution in [-0.4, -0.2) is 0 Å². The molecule has 0 aliphatic heterocycles. The fourth-order valence-electron chi connectivity index (χ4n) is 7.81. The SMILES string of the molecule is CCCCC(C)(CC)CC.CCCCC(CC)CC.CCCCCC(C)(CC)CC.CCCCCCC(C)(CC)CC.CCCCCCC(C)CC.CCCCCCCC(C)CC. The molecule has 0 N–H and O–H groups in total. The van der Waals surface area contributed by atoms with Gasteiger partial charge < -0.3 is 0 Å². The molecule has 2 unspecified atom stereocenters. The molecule has 0 aliphatic carbocycles. The van der Waals surface area contributed by atoms with Gasteiger partial charge in [0.15, 0.2) is 0 Å². The van der Waals surface area contributed by atoms with Gasteiger partial charge in [-0.1, -0.05) is 357 Å². The van der Waals surface area contributed by atoms with Crippen molar-refractivity contribution in [2.75, 3.05) is 0 Å². The highest BCUT2D eigenvalue weighted by Crippen LogP contribution is 2.33. The highest BCUT2D eigenvalue weighted by molar-refractivity contribution is 4.72. The van der Waals surface area contributed by atoms with Crippen LogP contribution in [0.15, 0.2) is 0 Å². The Labute approximate surface area is 408 Å². The summed E-state index contributed by atoms with van der Waals surface area (Å²) in [6.45, 7) is 48.6. The molecule has 2 atom stereocenters. The van der Waals surface area contributed by atoms with Crippen molar-refractivity contribution in [2.24, 2.45) is 34.0 Å². The highest BCUT2D eigenvalue weighted by atomic mass is 14.2. The Morgan fingerprint density at radius 2 is 0.508 bits per heavy atom. The third-order valence-corrected chi connectivity index (χ3v) is 16.1. The van der Waals surface area contributed by atoms with E-state index in [1.165, 1.54) is 231 Å². The van der Waals surface area contributed by atoms with E-state index in [4.69, 9.17) is 0 Å². The van der Waals surface area contributed by atoms with Gasteiger partial charge in [-0.05, 0) is 53.3 Å². The van der Waals surface area contributed by atoms with Gasteiger partial charge >= 0.3 is 0 Å². The Bertz CT molecular complexity index is 731. The molecule has 0 saturated carbocycles. The molecule has 0 nitrogen and oxygen atoms in total. The Morgan fingerprint density at radius 1 is 0.254 bits per heavy atom. The van der Waals surface area contributed by atoms with Crippen LogP contribution in [0, 0.1) is 34.0 Å². The number of hydrogen-bond donors (Lipinski definition) is 0. The van der Waals surface area contributed by atoms with Crippen molar-refractivity contribution in [1.82, 2.24) is 0 Å². The molecule has 390 valence electrons. The van der Waals surface area contributed by atoms with E-state index in [1.807, 2.05) is 0 Å². The van der Waals surface area contributed by atoms with Gasteiger partial charge in [0.05, 0.1) is 0 Å². The lowest BCUT2D eigenvalue weighted by Gasteiger charge is -2.26. The monoisotopic (exact) mass is 895 g/mol. The largest absolute Gasteiger partial charge is 0.0654 e. The van der Waals surface area contributed by atoms with E-state index < -0.39 is 0 Å². The van der Waals surface area contributed by atoms with Crippen LogP contribution in [0.1, 0.15) is 377 Å². The maximum absolute atomic E-state index is 2.43. The lowest BCUT2D eigenvalue weighted by molar-refractivity contribution is 0.262. The van der Waals surface area contributed by atoms with Gasteiger partial charge in [0.25, 0.3) is 0 Å². The van der Waals surface area contributed by atoms with Crippen molar-refractivity contribution in [3.8, 4) is 0 Å². The first-order chi connectivity index (χ1) is 30.0. The first-order valence-corrected chi connectivity index (χ1v) is 30.0. The summed E-state index contributed by atoms with van der Waals surface area (Å²) in [5, 5.41) is 0. The normalized spacial score (nSPS) is 12.3. The first kappa shape index (κ1) is 74.5. The van der Waals surface area contributed by atoms with Crippen LogP contribution in [0.25, 0.3) is 0 Å². The third-order valence-electron chi connectivity index (χ3n) is 16.1. The Hall–Kier alpha value is 0. The molecule has 0 rings (SSSR count). The predicted octanol–water partition coefficient (Wildman–Crippen LogP) is 25.2. The summed E-state index contributed by atoms with van der Waals surface area (Å²) in [4.78, 5) is 0. The summed E-state index contributed by atoms with van der Waals surface area (Å²) in [6, 6.07) is 0. The zero-order chi connectivity index (χ0) is 49.7. The average Bonchev–Trinajstić information content (AvgIpc) is 3.32. The van der Waals surface area contributed by atoms with Crippen molar-refractivity contribution in [3.63, 3.8) is 0 Å². The zero-order valence-electron chi connectivity index (χ0n) is 49.7.